The summed E-state index contributed by atoms with van der Waals surface area (Å²) in [6.07, 6.45) is 0.377. The maximum Gasteiger partial charge on any atom is 0.241 e. The summed E-state index contributed by atoms with van der Waals surface area (Å²) in [5.74, 6) is 0.922. The van der Waals surface area contributed by atoms with Crippen LogP contribution in [0.15, 0.2) is 59.5 Å². The van der Waals surface area contributed by atoms with Gasteiger partial charge in [0, 0.05) is 13.1 Å². The molecule has 1 N–H and O–H groups in total. The lowest BCUT2D eigenvalue weighted by atomic mass is 10.1. The summed E-state index contributed by atoms with van der Waals surface area (Å²) in [6, 6.07) is 16.6. The molecule has 1 saturated heterocycles. The summed E-state index contributed by atoms with van der Waals surface area (Å²) >= 11 is 0. The van der Waals surface area contributed by atoms with Crippen molar-refractivity contribution < 1.29 is 22.7 Å². The Bertz CT molecular complexity index is 1380. The number of likely N-dealkylation sites (tertiary alicyclic amines) is 1. The molecule has 32 heavy (non-hydrogen) atoms. The molecular weight excluding hydrogens is 430 g/mol. The van der Waals surface area contributed by atoms with Crippen molar-refractivity contribution in [2.24, 2.45) is 0 Å². The van der Waals surface area contributed by atoms with Crippen molar-refractivity contribution in [1.82, 2.24) is 9.62 Å². The molecule has 0 saturated carbocycles. The third-order valence-electron chi connectivity index (χ3n) is 5.64. The second kappa shape index (κ2) is 7.82. The number of nitrogens with zero attached hydrogens (tertiary/aromatic N) is 2. The van der Waals surface area contributed by atoms with Crippen molar-refractivity contribution in [1.29, 1.82) is 5.26 Å². The molecule has 0 unspecified atom stereocenters. The van der Waals surface area contributed by atoms with Crippen molar-refractivity contribution in [2.75, 3.05) is 13.3 Å². The molecule has 0 spiro atoms. The van der Waals surface area contributed by atoms with Crippen molar-refractivity contribution in [2.45, 2.75) is 23.9 Å². The van der Waals surface area contributed by atoms with E-state index in [1.54, 1.807) is 47.4 Å². The summed E-state index contributed by atoms with van der Waals surface area (Å²) in [6.45, 7) is 0.902. The first-order chi connectivity index (χ1) is 15.4. The fourth-order valence-corrected chi connectivity index (χ4v) is 5.26. The number of carbonyl (C=O) groups excluding carboxylic acids is 1. The first kappa shape index (κ1) is 20.3. The first-order valence-corrected chi connectivity index (χ1v) is 11.5. The van der Waals surface area contributed by atoms with Gasteiger partial charge in [0.15, 0.2) is 11.5 Å². The molecule has 2 aliphatic heterocycles. The quantitative estimate of drug-likeness (QED) is 0.641. The number of fused-ring (bicyclic) bond motifs is 2. The molecule has 0 radical (unpaired) electrons. The van der Waals surface area contributed by atoms with Crippen molar-refractivity contribution in [3.8, 4) is 17.6 Å². The van der Waals surface area contributed by atoms with E-state index in [0.29, 0.717) is 42.0 Å². The first-order valence-electron chi connectivity index (χ1n) is 10.1. The molecule has 3 aromatic carbocycles. The molecule has 0 aliphatic carbocycles. The van der Waals surface area contributed by atoms with Gasteiger partial charge in [0.2, 0.25) is 22.7 Å². The maximum absolute atomic E-state index is 13.0. The average Bonchev–Trinajstić information content (AvgIpc) is 3.38. The zero-order valence-electron chi connectivity index (χ0n) is 16.9. The number of amides is 1. The van der Waals surface area contributed by atoms with Crippen molar-refractivity contribution >= 4 is 26.7 Å². The fourth-order valence-electron chi connectivity index (χ4n) is 4.00. The van der Waals surface area contributed by atoms with Gasteiger partial charge in [-0.05, 0) is 59.2 Å². The van der Waals surface area contributed by atoms with Gasteiger partial charge in [-0.25, -0.2) is 8.42 Å². The Morgan fingerprint density at radius 1 is 1.06 bits per heavy atom. The topological polar surface area (TPSA) is 109 Å². The lowest BCUT2D eigenvalue weighted by Gasteiger charge is -2.17. The van der Waals surface area contributed by atoms with E-state index in [0.717, 1.165) is 10.9 Å². The molecule has 9 heteroatoms. The Hall–Kier alpha value is -3.61. The Balaban J connectivity index is 1.32. The number of nitriles is 1. The smallest absolute Gasteiger partial charge is 0.241 e. The van der Waals surface area contributed by atoms with Gasteiger partial charge >= 0.3 is 0 Å². The summed E-state index contributed by atoms with van der Waals surface area (Å²) in [4.78, 5) is 14.5. The minimum atomic E-state index is -3.90. The third-order valence-corrected chi connectivity index (χ3v) is 7.11. The Morgan fingerprint density at radius 2 is 1.84 bits per heavy atom. The van der Waals surface area contributed by atoms with Gasteiger partial charge in [-0.1, -0.05) is 18.2 Å². The molecule has 1 amide bonds. The largest absolute Gasteiger partial charge is 0.454 e. The zero-order valence-corrected chi connectivity index (χ0v) is 17.8. The van der Waals surface area contributed by atoms with Crippen LogP contribution in [0.4, 0.5) is 0 Å². The monoisotopic (exact) mass is 449 g/mol. The van der Waals surface area contributed by atoms with E-state index in [1.807, 2.05) is 6.07 Å². The zero-order chi connectivity index (χ0) is 22.3. The van der Waals surface area contributed by atoms with Gasteiger partial charge in [0.25, 0.3) is 0 Å². The Kier molecular flexibility index (Phi) is 4.96. The van der Waals surface area contributed by atoms with Crippen LogP contribution in [0.2, 0.25) is 0 Å². The Morgan fingerprint density at radius 3 is 2.62 bits per heavy atom. The highest BCUT2D eigenvalue weighted by atomic mass is 32.2. The predicted octanol–water partition coefficient (Wildman–Crippen LogP) is 2.52. The van der Waals surface area contributed by atoms with Gasteiger partial charge in [0.05, 0.1) is 16.5 Å². The van der Waals surface area contributed by atoms with Gasteiger partial charge in [-0.2, -0.15) is 9.98 Å². The SMILES string of the molecule is N#Cc1cccc(CN2CC[C@H](NS(=O)(=O)c3ccc4cc5c(cc4c3)OCO5)C2=O)c1. The molecule has 5 rings (SSSR count). The third kappa shape index (κ3) is 3.75. The van der Waals surface area contributed by atoms with Crippen LogP contribution >= 0.6 is 0 Å². The van der Waals surface area contributed by atoms with Crippen LogP contribution in [0.25, 0.3) is 10.8 Å². The molecule has 162 valence electrons. The number of rotatable bonds is 5. The molecule has 3 aromatic rings. The van der Waals surface area contributed by atoms with Crippen LogP contribution in [0.1, 0.15) is 17.5 Å². The van der Waals surface area contributed by atoms with Crippen LogP contribution in [-0.4, -0.2) is 38.6 Å². The molecule has 1 fully saturated rings. The number of benzene rings is 3. The highest BCUT2D eigenvalue weighted by molar-refractivity contribution is 7.89. The van der Waals surface area contributed by atoms with E-state index in [9.17, 15) is 13.2 Å². The second-order valence-corrected chi connectivity index (χ2v) is 9.46. The van der Waals surface area contributed by atoms with Crippen molar-refractivity contribution in [3.63, 3.8) is 0 Å². The van der Waals surface area contributed by atoms with Crippen LogP contribution in [-0.2, 0) is 21.4 Å². The minimum Gasteiger partial charge on any atom is -0.454 e. The summed E-state index contributed by atoms with van der Waals surface area (Å²) in [5, 5.41) is 10.6. The van der Waals surface area contributed by atoms with E-state index in [-0.39, 0.29) is 17.6 Å². The summed E-state index contributed by atoms with van der Waals surface area (Å²) in [5.41, 5.74) is 1.35. The fraction of sp³-hybridized carbons (Fsp3) is 0.217. The number of carbonyl (C=O) groups is 1. The maximum atomic E-state index is 13.0. The number of ether oxygens (including phenoxy) is 2. The van der Waals surface area contributed by atoms with E-state index in [1.165, 1.54) is 6.07 Å². The van der Waals surface area contributed by atoms with Crippen LogP contribution in [0.5, 0.6) is 11.5 Å². The van der Waals surface area contributed by atoms with Crippen LogP contribution < -0.4 is 14.2 Å². The predicted molar refractivity (Wildman–Crippen MR) is 115 cm³/mol. The number of sulfonamides is 1. The molecule has 2 aliphatic rings. The van der Waals surface area contributed by atoms with Gasteiger partial charge in [-0.3, -0.25) is 4.79 Å². The lowest BCUT2D eigenvalue weighted by Crippen LogP contribution is -2.41. The van der Waals surface area contributed by atoms with Gasteiger partial charge in [-0.15, -0.1) is 0 Å². The number of hydrogen-bond acceptors (Lipinski definition) is 6. The molecule has 0 bridgehead atoms. The van der Waals surface area contributed by atoms with Crippen LogP contribution in [0, 0.1) is 11.3 Å². The number of nitrogens with one attached hydrogen (secondary N) is 1. The van der Waals surface area contributed by atoms with E-state index < -0.39 is 16.1 Å². The van der Waals surface area contributed by atoms with E-state index in [4.69, 9.17) is 14.7 Å². The lowest BCUT2D eigenvalue weighted by molar-refractivity contribution is -0.129. The van der Waals surface area contributed by atoms with E-state index in [2.05, 4.69) is 10.8 Å². The van der Waals surface area contributed by atoms with Crippen molar-refractivity contribution in [3.05, 3.63) is 65.7 Å². The summed E-state index contributed by atoms with van der Waals surface area (Å²) in [7, 11) is -3.90. The highest BCUT2D eigenvalue weighted by Gasteiger charge is 2.35. The number of hydrogen-bond donors (Lipinski definition) is 1. The highest BCUT2D eigenvalue weighted by Crippen LogP contribution is 2.36. The molecule has 0 aromatic heterocycles. The van der Waals surface area contributed by atoms with Gasteiger partial charge in [0.1, 0.15) is 6.04 Å². The van der Waals surface area contributed by atoms with Gasteiger partial charge < -0.3 is 14.4 Å². The molecular formula is C23H19N3O5S. The summed E-state index contributed by atoms with van der Waals surface area (Å²) < 4.78 is 39.3. The normalized spacial score (nSPS) is 17.7. The molecule has 8 nitrogen and oxygen atoms in total. The minimum absolute atomic E-state index is 0.0804. The molecule has 2 heterocycles. The van der Waals surface area contributed by atoms with Crippen LogP contribution in [0.3, 0.4) is 0 Å². The average molecular weight is 449 g/mol. The van der Waals surface area contributed by atoms with E-state index >= 15 is 0 Å². The Labute approximate surface area is 185 Å². The molecule has 1 atom stereocenters. The standard InChI is InChI=1S/C23H19N3O5S/c24-12-15-2-1-3-16(8-15)13-26-7-6-20(23(26)27)25-32(28,29)19-5-4-17-10-21-22(31-14-30-21)11-18(17)9-19/h1-5,8-11,20,25H,6-7,13-14H2/t20-/m0/s1. The second-order valence-electron chi connectivity index (χ2n) is 7.75.